The lowest BCUT2D eigenvalue weighted by Crippen LogP contribution is -2.27. The first kappa shape index (κ1) is 14.0. The monoisotopic (exact) mass is 301 g/mol. The highest BCUT2D eigenvalue weighted by Gasteiger charge is 2.08. The molecule has 94 valence electrons. The number of carbonyl (C=O) groups excluding carboxylic acids is 1. The maximum atomic E-state index is 11.7. The van der Waals surface area contributed by atoms with E-state index in [-0.39, 0.29) is 5.91 Å². The number of benzene rings is 1. The summed E-state index contributed by atoms with van der Waals surface area (Å²) in [4.78, 5) is 11.7. The Bertz CT molecular complexity index is 382. The first-order valence-electron chi connectivity index (χ1n) is 5.38. The summed E-state index contributed by atoms with van der Waals surface area (Å²) >= 11 is 3.34. The Labute approximate surface area is 109 Å². The molecule has 0 aliphatic rings. The zero-order valence-electron chi connectivity index (χ0n) is 9.96. The molecule has 1 rings (SSSR count). The molecule has 0 heterocycles. The second kappa shape index (κ2) is 7.29. The van der Waals surface area contributed by atoms with Crippen LogP contribution >= 0.6 is 15.9 Å². The van der Waals surface area contributed by atoms with E-state index < -0.39 is 0 Å². The predicted octanol–water partition coefficient (Wildman–Crippen LogP) is 2.22. The highest BCUT2D eigenvalue weighted by Crippen LogP contribution is 2.25. The molecule has 1 amide bonds. The lowest BCUT2D eigenvalue weighted by atomic mass is 10.2. The smallest absolute Gasteiger partial charge is 0.251 e. The van der Waals surface area contributed by atoms with E-state index in [1.54, 1.807) is 25.3 Å². The molecule has 0 unspecified atom stereocenters. The van der Waals surface area contributed by atoms with Crippen LogP contribution in [-0.2, 0) is 4.74 Å². The first-order chi connectivity index (χ1) is 8.19. The van der Waals surface area contributed by atoms with Crippen LogP contribution in [0.3, 0.4) is 0 Å². The van der Waals surface area contributed by atoms with Gasteiger partial charge in [0.05, 0.1) is 18.2 Å². The van der Waals surface area contributed by atoms with Gasteiger partial charge in [-0.15, -0.1) is 0 Å². The number of methoxy groups -OCH3 is 1. The highest BCUT2D eigenvalue weighted by molar-refractivity contribution is 9.10. The maximum absolute atomic E-state index is 11.7. The number of ether oxygens (including phenoxy) is 2. The predicted molar refractivity (Wildman–Crippen MR) is 69.5 cm³/mol. The van der Waals surface area contributed by atoms with Crippen LogP contribution in [0, 0.1) is 0 Å². The third-order valence-electron chi connectivity index (χ3n) is 2.15. The van der Waals surface area contributed by atoms with E-state index >= 15 is 0 Å². The Balaban J connectivity index is 2.57. The van der Waals surface area contributed by atoms with Crippen molar-refractivity contribution in [3.8, 4) is 5.75 Å². The van der Waals surface area contributed by atoms with Crippen molar-refractivity contribution >= 4 is 21.8 Å². The zero-order chi connectivity index (χ0) is 12.7. The molecule has 5 heteroatoms. The maximum Gasteiger partial charge on any atom is 0.251 e. The summed E-state index contributed by atoms with van der Waals surface area (Å²) in [5.41, 5.74) is 0.571. The van der Waals surface area contributed by atoms with Crippen molar-refractivity contribution in [2.75, 3.05) is 26.9 Å². The van der Waals surface area contributed by atoms with Gasteiger partial charge < -0.3 is 14.8 Å². The average Bonchev–Trinajstić information content (AvgIpc) is 2.35. The zero-order valence-corrected chi connectivity index (χ0v) is 11.5. The summed E-state index contributed by atoms with van der Waals surface area (Å²) in [5, 5.41) is 2.77. The lowest BCUT2D eigenvalue weighted by molar-refractivity contribution is 0.0922. The van der Waals surface area contributed by atoms with Gasteiger partial charge in [-0.2, -0.15) is 0 Å². The van der Waals surface area contributed by atoms with Crippen LogP contribution in [0.2, 0.25) is 0 Å². The van der Waals surface area contributed by atoms with Crippen LogP contribution in [0.25, 0.3) is 0 Å². The van der Waals surface area contributed by atoms with E-state index in [9.17, 15) is 4.79 Å². The fraction of sp³-hybridized carbons (Fsp3) is 0.417. The Morgan fingerprint density at radius 2 is 2.24 bits per heavy atom. The van der Waals surface area contributed by atoms with Crippen molar-refractivity contribution in [2.24, 2.45) is 0 Å². The summed E-state index contributed by atoms with van der Waals surface area (Å²) in [7, 11) is 1.57. The molecule has 1 aromatic rings. The SMILES string of the molecule is CCOCCNC(=O)c1ccc(Br)c(OC)c1. The third-order valence-corrected chi connectivity index (χ3v) is 2.80. The summed E-state index contributed by atoms with van der Waals surface area (Å²) in [6.45, 7) is 3.60. The quantitative estimate of drug-likeness (QED) is 0.820. The summed E-state index contributed by atoms with van der Waals surface area (Å²) in [5.74, 6) is 0.512. The van der Waals surface area contributed by atoms with Gasteiger partial charge in [0.25, 0.3) is 5.91 Å². The van der Waals surface area contributed by atoms with Crippen LogP contribution in [0.1, 0.15) is 17.3 Å². The second-order valence-electron chi connectivity index (χ2n) is 3.30. The average molecular weight is 302 g/mol. The van der Waals surface area contributed by atoms with Crippen LogP contribution in [0.15, 0.2) is 22.7 Å². The number of hydrogen-bond acceptors (Lipinski definition) is 3. The lowest BCUT2D eigenvalue weighted by Gasteiger charge is -2.08. The molecule has 0 saturated carbocycles. The molecule has 0 aromatic heterocycles. The van der Waals surface area contributed by atoms with E-state index in [2.05, 4.69) is 21.2 Å². The van der Waals surface area contributed by atoms with E-state index in [1.807, 2.05) is 6.92 Å². The highest BCUT2D eigenvalue weighted by atomic mass is 79.9. The largest absolute Gasteiger partial charge is 0.496 e. The van der Waals surface area contributed by atoms with Crippen molar-refractivity contribution in [2.45, 2.75) is 6.92 Å². The molecular weight excluding hydrogens is 286 g/mol. The molecule has 0 aliphatic carbocycles. The summed E-state index contributed by atoms with van der Waals surface area (Å²) in [6, 6.07) is 5.22. The third kappa shape index (κ3) is 4.36. The van der Waals surface area contributed by atoms with Crippen LogP contribution in [0.5, 0.6) is 5.75 Å². The van der Waals surface area contributed by atoms with Gasteiger partial charge in [0.15, 0.2) is 0 Å². The molecule has 0 atom stereocenters. The molecule has 0 saturated heterocycles. The van der Waals surface area contributed by atoms with Crippen LogP contribution < -0.4 is 10.1 Å². The van der Waals surface area contributed by atoms with Crippen molar-refractivity contribution in [3.05, 3.63) is 28.2 Å². The van der Waals surface area contributed by atoms with Crippen LogP contribution in [0.4, 0.5) is 0 Å². The number of amides is 1. The number of hydrogen-bond donors (Lipinski definition) is 1. The van der Waals surface area contributed by atoms with Gasteiger partial charge in [0.2, 0.25) is 0 Å². The number of rotatable bonds is 6. The van der Waals surface area contributed by atoms with Gasteiger partial charge in [-0.3, -0.25) is 4.79 Å². The molecule has 4 nitrogen and oxygen atoms in total. The fourth-order valence-electron chi connectivity index (χ4n) is 1.28. The van der Waals surface area contributed by atoms with E-state index in [4.69, 9.17) is 9.47 Å². The molecular formula is C12H16BrNO3. The molecule has 0 aliphatic heterocycles. The second-order valence-corrected chi connectivity index (χ2v) is 4.16. The molecule has 1 N–H and O–H groups in total. The van der Waals surface area contributed by atoms with Gasteiger partial charge in [-0.1, -0.05) is 0 Å². The van der Waals surface area contributed by atoms with E-state index in [0.29, 0.717) is 31.1 Å². The van der Waals surface area contributed by atoms with Gasteiger partial charge in [-0.05, 0) is 41.1 Å². The van der Waals surface area contributed by atoms with Gasteiger partial charge in [0, 0.05) is 18.7 Å². The first-order valence-corrected chi connectivity index (χ1v) is 6.17. The Morgan fingerprint density at radius 1 is 1.47 bits per heavy atom. The van der Waals surface area contributed by atoms with E-state index in [1.165, 1.54) is 0 Å². The fourth-order valence-corrected chi connectivity index (χ4v) is 1.69. The summed E-state index contributed by atoms with van der Waals surface area (Å²) < 4.78 is 11.1. The number of nitrogens with one attached hydrogen (secondary N) is 1. The van der Waals surface area contributed by atoms with Crippen LogP contribution in [-0.4, -0.2) is 32.8 Å². The van der Waals surface area contributed by atoms with Gasteiger partial charge in [0.1, 0.15) is 5.75 Å². The van der Waals surface area contributed by atoms with Crippen molar-refractivity contribution in [1.29, 1.82) is 0 Å². The molecule has 17 heavy (non-hydrogen) atoms. The minimum atomic E-state index is -0.129. The normalized spacial score (nSPS) is 10.1. The molecule has 0 radical (unpaired) electrons. The Kier molecular flexibility index (Phi) is 6.00. The van der Waals surface area contributed by atoms with E-state index in [0.717, 1.165) is 4.47 Å². The van der Waals surface area contributed by atoms with Crippen molar-refractivity contribution in [3.63, 3.8) is 0 Å². The van der Waals surface area contributed by atoms with Gasteiger partial charge in [-0.25, -0.2) is 0 Å². The van der Waals surface area contributed by atoms with Crippen molar-refractivity contribution < 1.29 is 14.3 Å². The Morgan fingerprint density at radius 3 is 2.88 bits per heavy atom. The molecule has 1 aromatic carbocycles. The number of carbonyl (C=O) groups is 1. The molecule has 0 spiro atoms. The number of halogens is 1. The minimum absolute atomic E-state index is 0.129. The Hall–Kier alpha value is -1.07. The minimum Gasteiger partial charge on any atom is -0.496 e. The molecule has 0 bridgehead atoms. The topological polar surface area (TPSA) is 47.6 Å². The summed E-state index contributed by atoms with van der Waals surface area (Å²) in [6.07, 6.45) is 0. The molecule has 0 fully saturated rings. The standard InChI is InChI=1S/C12H16BrNO3/c1-3-17-7-6-14-12(15)9-4-5-10(13)11(8-9)16-2/h4-5,8H,3,6-7H2,1-2H3,(H,14,15). The van der Waals surface area contributed by atoms with Gasteiger partial charge >= 0.3 is 0 Å². The van der Waals surface area contributed by atoms with Crippen molar-refractivity contribution in [1.82, 2.24) is 5.32 Å².